The summed E-state index contributed by atoms with van der Waals surface area (Å²) in [5.74, 6) is -1.33. The topological polar surface area (TPSA) is 29.1 Å². The minimum atomic E-state index is -4.82. The maximum Gasteiger partial charge on any atom is 0.416 e. The van der Waals surface area contributed by atoms with Crippen molar-refractivity contribution in [3.05, 3.63) is 35.4 Å². The summed E-state index contributed by atoms with van der Waals surface area (Å²) in [5.41, 5.74) is -4.38. The molecule has 0 radical (unpaired) electrons. The summed E-state index contributed by atoms with van der Waals surface area (Å²) in [4.78, 5) is 12.2. The van der Waals surface area contributed by atoms with Gasteiger partial charge in [0.2, 0.25) is 0 Å². The van der Waals surface area contributed by atoms with E-state index in [9.17, 15) is 31.1 Å². The maximum absolute atomic E-state index is 13.2. The lowest BCUT2D eigenvalue weighted by Gasteiger charge is -2.29. The lowest BCUT2D eigenvalue weighted by atomic mass is 9.78. The largest absolute Gasteiger partial charge is 0.416 e. The molecular weight excluding hydrogens is 300 g/mol. The minimum absolute atomic E-state index is 0.00971. The van der Waals surface area contributed by atoms with E-state index in [2.05, 4.69) is 5.32 Å². The average Bonchev–Trinajstić information content (AvgIpc) is 2.87. The van der Waals surface area contributed by atoms with Crippen LogP contribution >= 0.6 is 0 Å². The quantitative estimate of drug-likeness (QED) is 0.670. The third-order valence-electron chi connectivity index (χ3n) is 3.58. The second-order valence-corrected chi connectivity index (χ2v) is 4.91. The highest BCUT2D eigenvalue weighted by Gasteiger charge is 2.61. The molecule has 1 unspecified atom stereocenters. The zero-order chi connectivity index (χ0) is 15.9. The third kappa shape index (κ3) is 2.76. The first-order valence-electron chi connectivity index (χ1n) is 6.07. The molecule has 1 aromatic carbocycles. The standard InChI is InChI=1S/C13H11F6NO/c14-12(15,16)9-3-1-2-8(6-9)10(21)11(13(17,18)19)4-5-20-7-11/h1-3,6,20H,4-5,7H2. The normalized spacial score (nSPS) is 23.3. The first-order chi connectivity index (χ1) is 9.58. The van der Waals surface area contributed by atoms with Crippen LogP contribution in [0.1, 0.15) is 22.3 Å². The molecule has 1 aromatic rings. The monoisotopic (exact) mass is 311 g/mol. The second kappa shape index (κ2) is 5.01. The van der Waals surface area contributed by atoms with Crippen LogP contribution in [-0.2, 0) is 6.18 Å². The molecule has 1 heterocycles. The highest BCUT2D eigenvalue weighted by molar-refractivity contribution is 6.01. The summed E-state index contributed by atoms with van der Waals surface area (Å²) in [6.07, 6.45) is -10.0. The highest BCUT2D eigenvalue weighted by atomic mass is 19.4. The molecule has 1 atom stereocenters. The van der Waals surface area contributed by atoms with Gasteiger partial charge in [0.1, 0.15) is 5.41 Å². The van der Waals surface area contributed by atoms with Gasteiger partial charge in [0.15, 0.2) is 5.78 Å². The van der Waals surface area contributed by atoms with Gasteiger partial charge >= 0.3 is 12.4 Å². The van der Waals surface area contributed by atoms with E-state index < -0.39 is 47.6 Å². The van der Waals surface area contributed by atoms with Crippen molar-refractivity contribution in [2.75, 3.05) is 13.1 Å². The number of alkyl halides is 6. The Morgan fingerprint density at radius 2 is 1.81 bits per heavy atom. The number of hydrogen-bond acceptors (Lipinski definition) is 2. The molecule has 116 valence electrons. The number of carbonyl (C=O) groups is 1. The van der Waals surface area contributed by atoms with E-state index in [0.29, 0.717) is 12.1 Å². The van der Waals surface area contributed by atoms with Gasteiger partial charge in [-0.15, -0.1) is 0 Å². The Morgan fingerprint density at radius 1 is 1.14 bits per heavy atom. The summed E-state index contributed by atoms with van der Waals surface area (Å²) in [7, 11) is 0. The molecule has 1 saturated heterocycles. The highest BCUT2D eigenvalue weighted by Crippen LogP contribution is 2.45. The average molecular weight is 311 g/mol. The molecule has 2 rings (SSSR count). The van der Waals surface area contributed by atoms with Crippen LogP contribution in [0.5, 0.6) is 0 Å². The van der Waals surface area contributed by atoms with Crippen molar-refractivity contribution in [2.45, 2.75) is 18.8 Å². The van der Waals surface area contributed by atoms with Crippen LogP contribution in [-0.4, -0.2) is 25.0 Å². The van der Waals surface area contributed by atoms with E-state index >= 15 is 0 Å². The number of ketones is 1. The van der Waals surface area contributed by atoms with Gasteiger partial charge in [0.05, 0.1) is 5.56 Å². The van der Waals surface area contributed by atoms with Gasteiger partial charge in [0.25, 0.3) is 0 Å². The number of benzene rings is 1. The molecule has 0 saturated carbocycles. The number of nitrogens with one attached hydrogen (secondary N) is 1. The number of rotatable bonds is 2. The second-order valence-electron chi connectivity index (χ2n) is 4.91. The first kappa shape index (κ1) is 15.8. The Hall–Kier alpha value is -1.57. The Morgan fingerprint density at radius 3 is 2.29 bits per heavy atom. The van der Waals surface area contributed by atoms with Gasteiger partial charge in [0, 0.05) is 12.1 Å². The Kier molecular flexibility index (Phi) is 3.77. The molecule has 1 N–H and O–H groups in total. The zero-order valence-electron chi connectivity index (χ0n) is 10.6. The summed E-state index contributed by atoms with van der Waals surface area (Å²) < 4.78 is 77.4. The molecule has 21 heavy (non-hydrogen) atoms. The van der Waals surface area contributed by atoms with Crippen LogP contribution in [0, 0.1) is 5.41 Å². The van der Waals surface area contributed by atoms with E-state index in [1.165, 1.54) is 0 Å². The molecule has 0 spiro atoms. The molecule has 2 nitrogen and oxygen atoms in total. The van der Waals surface area contributed by atoms with Crippen molar-refractivity contribution >= 4 is 5.78 Å². The third-order valence-corrected chi connectivity index (χ3v) is 3.58. The van der Waals surface area contributed by atoms with Crippen LogP contribution in [0.4, 0.5) is 26.3 Å². The molecule has 1 aliphatic heterocycles. The zero-order valence-corrected chi connectivity index (χ0v) is 10.6. The smallest absolute Gasteiger partial charge is 0.315 e. The lowest BCUT2D eigenvalue weighted by Crippen LogP contribution is -2.46. The summed E-state index contributed by atoms with van der Waals surface area (Å²) in [5, 5.41) is 2.45. The van der Waals surface area contributed by atoms with Crippen molar-refractivity contribution in [1.29, 1.82) is 0 Å². The number of Topliss-reactive ketones (excluding diaryl/α,β-unsaturated/α-hetero) is 1. The minimum Gasteiger partial charge on any atom is -0.315 e. The SMILES string of the molecule is O=C(c1cccc(C(F)(F)F)c1)C1(C(F)(F)F)CCNC1. The molecule has 0 aliphatic carbocycles. The molecule has 1 aliphatic rings. The van der Waals surface area contributed by atoms with E-state index in [1.54, 1.807) is 0 Å². The molecule has 1 fully saturated rings. The van der Waals surface area contributed by atoms with E-state index in [1.807, 2.05) is 0 Å². The van der Waals surface area contributed by atoms with E-state index in [0.717, 1.165) is 12.1 Å². The Bertz CT molecular complexity index is 542. The van der Waals surface area contributed by atoms with Gasteiger partial charge in [-0.3, -0.25) is 4.79 Å². The maximum atomic E-state index is 13.2. The van der Waals surface area contributed by atoms with Crippen LogP contribution in [0.3, 0.4) is 0 Å². The van der Waals surface area contributed by atoms with Crippen molar-refractivity contribution in [1.82, 2.24) is 5.32 Å². The fourth-order valence-corrected chi connectivity index (χ4v) is 2.37. The van der Waals surface area contributed by atoms with Crippen molar-refractivity contribution in [3.8, 4) is 0 Å². The Labute approximate surface area is 116 Å². The van der Waals surface area contributed by atoms with Crippen LogP contribution in [0.15, 0.2) is 24.3 Å². The molecular formula is C13H11F6NO. The summed E-state index contributed by atoms with van der Waals surface area (Å²) in [6.45, 7) is -0.629. The van der Waals surface area contributed by atoms with Gasteiger partial charge in [-0.2, -0.15) is 26.3 Å². The predicted molar refractivity (Wildman–Crippen MR) is 61.7 cm³/mol. The number of carbonyl (C=O) groups excluding carboxylic acids is 1. The fraction of sp³-hybridized carbons (Fsp3) is 0.462. The van der Waals surface area contributed by atoms with Gasteiger partial charge in [-0.25, -0.2) is 0 Å². The predicted octanol–water partition coefficient (Wildman–Crippen LogP) is 3.43. The van der Waals surface area contributed by atoms with Crippen LogP contribution in [0.25, 0.3) is 0 Å². The van der Waals surface area contributed by atoms with Crippen molar-refractivity contribution < 1.29 is 31.1 Å². The molecule has 0 bridgehead atoms. The summed E-state index contributed by atoms with van der Waals surface area (Å²) in [6, 6.07) is 3.09. The van der Waals surface area contributed by atoms with Crippen molar-refractivity contribution in [3.63, 3.8) is 0 Å². The molecule has 0 amide bonds. The van der Waals surface area contributed by atoms with Gasteiger partial charge < -0.3 is 5.32 Å². The number of hydrogen-bond donors (Lipinski definition) is 1. The fourth-order valence-electron chi connectivity index (χ4n) is 2.37. The molecule has 8 heteroatoms. The van der Waals surface area contributed by atoms with Crippen molar-refractivity contribution in [2.24, 2.45) is 5.41 Å². The van der Waals surface area contributed by atoms with Crippen LogP contribution < -0.4 is 5.32 Å². The Balaban J connectivity index is 2.44. The van der Waals surface area contributed by atoms with E-state index in [4.69, 9.17) is 0 Å². The van der Waals surface area contributed by atoms with E-state index in [-0.39, 0.29) is 6.54 Å². The lowest BCUT2D eigenvalue weighted by molar-refractivity contribution is -0.197. The summed E-state index contributed by atoms with van der Waals surface area (Å²) >= 11 is 0. The number of halogens is 6. The van der Waals surface area contributed by atoms with Gasteiger partial charge in [-0.05, 0) is 25.1 Å². The molecule has 0 aromatic heterocycles. The van der Waals surface area contributed by atoms with Crippen LogP contribution in [0.2, 0.25) is 0 Å². The first-order valence-corrected chi connectivity index (χ1v) is 6.07. The van der Waals surface area contributed by atoms with Gasteiger partial charge in [-0.1, -0.05) is 12.1 Å².